The second-order valence-corrected chi connectivity index (χ2v) is 6.19. The van der Waals surface area contributed by atoms with Gasteiger partial charge in [0.05, 0.1) is 23.9 Å². The number of carbonyl (C=O) groups excluding carboxylic acids is 1. The molecule has 1 fully saturated rings. The largest absolute Gasteiger partial charge is 0.492 e. The van der Waals surface area contributed by atoms with E-state index >= 15 is 0 Å². The number of para-hydroxylation sites is 2. The van der Waals surface area contributed by atoms with Crippen LogP contribution in [0.5, 0.6) is 11.5 Å². The second kappa shape index (κ2) is 8.95. The lowest BCUT2D eigenvalue weighted by molar-refractivity contribution is -0.133. The average molecular weight is 365 g/mol. The molecule has 0 unspecified atom stereocenters. The number of benzene rings is 2. The molecule has 27 heavy (non-hydrogen) atoms. The summed E-state index contributed by atoms with van der Waals surface area (Å²) in [5.41, 5.74) is 1.64. The van der Waals surface area contributed by atoms with Gasteiger partial charge in [0.2, 0.25) is 0 Å². The Bertz CT molecular complexity index is 806. The zero-order chi connectivity index (χ0) is 19.1. The summed E-state index contributed by atoms with van der Waals surface area (Å²) in [5, 5.41) is 8.80. The molecule has 0 atom stereocenters. The van der Waals surface area contributed by atoms with E-state index in [-0.39, 0.29) is 12.5 Å². The van der Waals surface area contributed by atoms with E-state index < -0.39 is 0 Å². The smallest absolute Gasteiger partial charge is 0.260 e. The van der Waals surface area contributed by atoms with Gasteiger partial charge in [0.1, 0.15) is 11.5 Å². The highest BCUT2D eigenvalue weighted by molar-refractivity contribution is 5.78. The van der Waals surface area contributed by atoms with Gasteiger partial charge in [-0.05, 0) is 43.3 Å². The van der Waals surface area contributed by atoms with Gasteiger partial charge < -0.3 is 19.3 Å². The average Bonchev–Trinajstić information content (AvgIpc) is 2.73. The van der Waals surface area contributed by atoms with Crippen molar-refractivity contribution in [3.05, 3.63) is 54.1 Å². The van der Waals surface area contributed by atoms with Gasteiger partial charge in [0.15, 0.2) is 6.61 Å². The van der Waals surface area contributed by atoms with E-state index in [9.17, 15) is 4.79 Å². The van der Waals surface area contributed by atoms with Gasteiger partial charge in [-0.3, -0.25) is 4.79 Å². The Morgan fingerprint density at radius 2 is 1.74 bits per heavy atom. The summed E-state index contributed by atoms with van der Waals surface area (Å²) in [4.78, 5) is 16.5. The summed E-state index contributed by atoms with van der Waals surface area (Å²) >= 11 is 0. The first-order chi connectivity index (χ1) is 13.2. The molecule has 0 saturated carbocycles. The van der Waals surface area contributed by atoms with Crippen LogP contribution >= 0.6 is 0 Å². The topological polar surface area (TPSA) is 65.8 Å². The maximum Gasteiger partial charge on any atom is 0.260 e. The molecule has 0 bridgehead atoms. The predicted octanol–water partition coefficient (Wildman–Crippen LogP) is 2.68. The lowest BCUT2D eigenvalue weighted by atomic mass is 10.2. The highest BCUT2D eigenvalue weighted by Crippen LogP contribution is 2.28. The Labute approximate surface area is 159 Å². The molecule has 3 rings (SSSR count). The molecule has 0 spiro atoms. The minimum atomic E-state index is -0.0305. The van der Waals surface area contributed by atoms with Crippen molar-refractivity contribution in [2.75, 3.05) is 44.3 Å². The Morgan fingerprint density at radius 3 is 2.41 bits per heavy atom. The standard InChI is InChI=1S/C21H23N3O3/c1-2-26-20-6-4-3-5-19(20)23-11-13-24(14-12-23)21(25)16-27-18-9-7-17(15-22)8-10-18/h3-10H,2,11-14,16H2,1H3. The van der Waals surface area contributed by atoms with E-state index in [0.29, 0.717) is 31.0 Å². The number of amides is 1. The molecule has 1 aliphatic heterocycles. The normalized spacial score (nSPS) is 13.8. The third-order valence-corrected chi connectivity index (χ3v) is 4.48. The van der Waals surface area contributed by atoms with Crippen LogP contribution in [-0.4, -0.2) is 50.2 Å². The molecule has 2 aromatic carbocycles. The van der Waals surface area contributed by atoms with E-state index in [4.69, 9.17) is 14.7 Å². The van der Waals surface area contributed by atoms with Gasteiger partial charge >= 0.3 is 0 Å². The Hall–Kier alpha value is -3.20. The fourth-order valence-corrected chi connectivity index (χ4v) is 3.05. The minimum absolute atomic E-state index is 0.00142. The summed E-state index contributed by atoms with van der Waals surface area (Å²) < 4.78 is 11.3. The van der Waals surface area contributed by atoms with Crippen molar-refractivity contribution in [2.45, 2.75) is 6.92 Å². The molecule has 0 aliphatic carbocycles. The number of piperazine rings is 1. The zero-order valence-electron chi connectivity index (χ0n) is 15.4. The van der Waals surface area contributed by atoms with Crippen molar-refractivity contribution in [1.82, 2.24) is 4.90 Å². The van der Waals surface area contributed by atoms with E-state index in [1.807, 2.05) is 30.0 Å². The van der Waals surface area contributed by atoms with Gasteiger partial charge in [0.25, 0.3) is 5.91 Å². The van der Waals surface area contributed by atoms with Gasteiger partial charge in [0, 0.05) is 26.2 Å². The number of nitriles is 1. The zero-order valence-corrected chi connectivity index (χ0v) is 15.4. The fraction of sp³-hybridized carbons (Fsp3) is 0.333. The predicted molar refractivity (Wildman–Crippen MR) is 103 cm³/mol. The highest BCUT2D eigenvalue weighted by atomic mass is 16.5. The summed E-state index contributed by atoms with van der Waals surface area (Å²) in [5.74, 6) is 1.44. The van der Waals surface area contributed by atoms with E-state index in [2.05, 4.69) is 17.0 Å². The lowest BCUT2D eigenvalue weighted by Gasteiger charge is -2.36. The van der Waals surface area contributed by atoms with Crippen LogP contribution in [0.25, 0.3) is 0 Å². The molecule has 0 radical (unpaired) electrons. The molecule has 0 aromatic heterocycles. The van der Waals surface area contributed by atoms with Crippen LogP contribution in [0.3, 0.4) is 0 Å². The number of hydrogen-bond donors (Lipinski definition) is 0. The summed E-state index contributed by atoms with van der Waals surface area (Å²) in [6.07, 6.45) is 0. The fourth-order valence-electron chi connectivity index (χ4n) is 3.05. The van der Waals surface area contributed by atoms with Crippen molar-refractivity contribution >= 4 is 11.6 Å². The quantitative estimate of drug-likeness (QED) is 0.787. The van der Waals surface area contributed by atoms with Crippen LogP contribution in [0.15, 0.2) is 48.5 Å². The van der Waals surface area contributed by atoms with Crippen molar-refractivity contribution in [3.8, 4) is 17.6 Å². The van der Waals surface area contributed by atoms with Crippen LogP contribution in [-0.2, 0) is 4.79 Å². The number of hydrogen-bond acceptors (Lipinski definition) is 5. The van der Waals surface area contributed by atoms with Gasteiger partial charge in [-0.25, -0.2) is 0 Å². The molecule has 2 aromatic rings. The van der Waals surface area contributed by atoms with E-state index in [0.717, 1.165) is 24.5 Å². The van der Waals surface area contributed by atoms with Crippen molar-refractivity contribution in [2.24, 2.45) is 0 Å². The van der Waals surface area contributed by atoms with Crippen LogP contribution in [0.2, 0.25) is 0 Å². The third-order valence-electron chi connectivity index (χ3n) is 4.48. The number of carbonyl (C=O) groups is 1. The summed E-state index contributed by atoms with van der Waals surface area (Å²) in [6, 6.07) is 16.8. The monoisotopic (exact) mass is 365 g/mol. The van der Waals surface area contributed by atoms with Gasteiger partial charge in [-0.15, -0.1) is 0 Å². The highest BCUT2D eigenvalue weighted by Gasteiger charge is 2.23. The molecular weight excluding hydrogens is 342 g/mol. The van der Waals surface area contributed by atoms with Gasteiger partial charge in [-0.2, -0.15) is 5.26 Å². The summed E-state index contributed by atoms with van der Waals surface area (Å²) in [6.45, 7) is 5.41. The molecule has 0 N–H and O–H groups in total. The molecule has 1 amide bonds. The van der Waals surface area contributed by atoms with Crippen LogP contribution in [0, 0.1) is 11.3 Å². The SMILES string of the molecule is CCOc1ccccc1N1CCN(C(=O)COc2ccc(C#N)cc2)CC1. The summed E-state index contributed by atoms with van der Waals surface area (Å²) in [7, 11) is 0. The second-order valence-electron chi connectivity index (χ2n) is 6.19. The maximum absolute atomic E-state index is 12.4. The molecule has 1 aliphatic rings. The Morgan fingerprint density at radius 1 is 1.04 bits per heavy atom. The van der Waals surface area contributed by atoms with Gasteiger partial charge in [-0.1, -0.05) is 12.1 Å². The maximum atomic E-state index is 12.4. The Kier molecular flexibility index (Phi) is 6.16. The first kappa shape index (κ1) is 18.6. The lowest BCUT2D eigenvalue weighted by Crippen LogP contribution is -2.50. The number of nitrogens with zero attached hydrogens (tertiary/aromatic N) is 3. The first-order valence-electron chi connectivity index (χ1n) is 9.08. The first-order valence-corrected chi connectivity index (χ1v) is 9.08. The van der Waals surface area contributed by atoms with Crippen LogP contribution in [0.4, 0.5) is 5.69 Å². The molecule has 1 heterocycles. The minimum Gasteiger partial charge on any atom is -0.492 e. The molecule has 140 valence electrons. The molecule has 6 heteroatoms. The van der Waals surface area contributed by atoms with Crippen molar-refractivity contribution in [3.63, 3.8) is 0 Å². The molecular formula is C21H23N3O3. The Balaban J connectivity index is 1.51. The molecule has 6 nitrogen and oxygen atoms in total. The van der Waals surface area contributed by atoms with Crippen LogP contribution in [0.1, 0.15) is 12.5 Å². The number of anilines is 1. The van der Waals surface area contributed by atoms with Crippen molar-refractivity contribution < 1.29 is 14.3 Å². The number of rotatable bonds is 6. The van der Waals surface area contributed by atoms with Crippen LogP contribution < -0.4 is 14.4 Å². The van der Waals surface area contributed by atoms with E-state index in [1.54, 1.807) is 24.3 Å². The van der Waals surface area contributed by atoms with Crippen molar-refractivity contribution in [1.29, 1.82) is 5.26 Å². The van der Waals surface area contributed by atoms with E-state index in [1.165, 1.54) is 0 Å². The number of ether oxygens (including phenoxy) is 2. The third kappa shape index (κ3) is 4.70. The molecule has 1 saturated heterocycles.